The average molecular weight is 374 g/mol. The van der Waals surface area contributed by atoms with Crippen molar-refractivity contribution in [3.8, 4) is 5.75 Å². The van der Waals surface area contributed by atoms with Crippen LogP contribution in [0.3, 0.4) is 0 Å². The largest absolute Gasteiger partial charge is 0.497 e. The molecule has 3 aromatic carbocycles. The van der Waals surface area contributed by atoms with Gasteiger partial charge in [-0.3, -0.25) is 9.59 Å². The molecule has 0 bridgehead atoms. The van der Waals surface area contributed by atoms with E-state index in [1.807, 2.05) is 60.7 Å². The van der Waals surface area contributed by atoms with Crippen molar-refractivity contribution in [1.29, 1.82) is 0 Å². The number of carbonyl (C=O) groups excluding carboxylic acids is 2. The third kappa shape index (κ3) is 5.20. The molecule has 5 nitrogen and oxygen atoms in total. The molecule has 0 radical (unpaired) electrons. The van der Waals surface area contributed by atoms with Crippen LogP contribution in [0.1, 0.15) is 12.0 Å². The van der Waals surface area contributed by atoms with Gasteiger partial charge in [0, 0.05) is 11.4 Å². The maximum atomic E-state index is 12.9. The van der Waals surface area contributed by atoms with Crippen LogP contribution in [0.15, 0.2) is 84.9 Å². The summed E-state index contributed by atoms with van der Waals surface area (Å²) in [6, 6.07) is 26.1. The first-order valence-electron chi connectivity index (χ1n) is 8.99. The Morgan fingerprint density at radius 3 is 2.07 bits per heavy atom. The second kappa shape index (κ2) is 9.37. The number of rotatable bonds is 7. The Morgan fingerprint density at radius 2 is 1.46 bits per heavy atom. The van der Waals surface area contributed by atoms with Gasteiger partial charge in [-0.1, -0.05) is 48.5 Å². The summed E-state index contributed by atoms with van der Waals surface area (Å²) in [4.78, 5) is 26.9. The standard InChI is InChI=1S/C23H22N2O3/c1-28-21-14-12-19(13-15-21)24-22(26)16-23(27)25(20-10-6-3-7-11-20)17-18-8-4-2-5-9-18/h2-15H,16-17H2,1H3,(H,24,26). The van der Waals surface area contributed by atoms with E-state index in [1.54, 1.807) is 36.3 Å². The highest BCUT2D eigenvalue weighted by Gasteiger charge is 2.19. The Labute approximate surface area is 164 Å². The van der Waals surface area contributed by atoms with Gasteiger partial charge in [0.25, 0.3) is 0 Å². The highest BCUT2D eigenvalue weighted by molar-refractivity contribution is 6.09. The van der Waals surface area contributed by atoms with Gasteiger partial charge in [-0.15, -0.1) is 0 Å². The number of nitrogens with one attached hydrogen (secondary N) is 1. The van der Waals surface area contributed by atoms with Gasteiger partial charge < -0.3 is 15.0 Å². The molecule has 0 unspecified atom stereocenters. The summed E-state index contributed by atoms with van der Waals surface area (Å²) in [6.07, 6.45) is -0.242. The Balaban J connectivity index is 1.70. The van der Waals surface area contributed by atoms with Crippen molar-refractivity contribution in [3.05, 3.63) is 90.5 Å². The van der Waals surface area contributed by atoms with Crippen molar-refractivity contribution in [2.45, 2.75) is 13.0 Å². The number of methoxy groups -OCH3 is 1. The number of hydrogen-bond donors (Lipinski definition) is 1. The lowest BCUT2D eigenvalue weighted by Crippen LogP contribution is -2.33. The van der Waals surface area contributed by atoms with Gasteiger partial charge >= 0.3 is 0 Å². The lowest BCUT2D eigenvalue weighted by atomic mass is 10.1. The van der Waals surface area contributed by atoms with Gasteiger partial charge in [0.1, 0.15) is 12.2 Å². The van der Waals surface area contributed by atoms with Crippen LogP contribution in [0.5, 0.6) is 5.75 Å². The third-order valence-electron chi connectivity index (χ3n) is 4.24. The monoisotopic (exact) mass is 374 g/mol. The summed E-state index contributed by atoms with van der Waals surface area (Å²) in [5.74, 6) is 0.0809. The number of amides is 2. The van der Waals surface area contributed by atoms with Gasteiger partial charge in [-0.05, 0) is 42.0 Å². The van der Waals surface area contributed by atoms with Crippen LogP contribution in [0, 0.1) is 0 Å². The molecule has 2 amide bonds. The van der Waals surface area contributed by atoms with Crippen molar-refractivity contribution in [2.75, 3.05) is 17.3 Å². The van der Waals surface area contributed by atoms with E-state index in [0.717, 1.165) is 11.3 Å². The van der Waals surface area contributed by atoms with Crippen molar-refractivity contribution in [2.24, 2.45) is 0 Å². The Kier molecular flexibility index (Phi) is 6.41. The van der Waals surface area contributed by atoms with E-state index in [9.17, 15) is 9.59 Å². The lowest BCUT2D eigenvalue weighted by Gasteiger charge is -2.23. The normalized spacial score (nSPS) is 10.2. The Bertz CT molecular complexity index is 910. The second-order valence-corrected chi connectivity index (χ2v) is 6.25. The zero-order valence-corrected chi connectivity index (χ0v) is 15.7. The maximum Gasteiger partial charge on any atom is 0.236 e. The molecular weight excluding hydrogens is 352 g/mol. The SMILES string of the molecule is COc1ccc(NC(=O)CC(=O)N(Cc2ccccc2)c2ccccc2)cc1. The summed E-state index contributed by atoms with van der Waals surface area (Å²) < 4.78 is 5.10. The molecule has 0 saturated heterocycles. The van der Waals surface area contributed by atoms with Gasteiger partial charge in [-0.25, -0.2) is 0 Å². The number of para-hydroxylation sites is 1. The number of benzene rings is 3. The minimum atomic E-state index is -0.357. The van der Waals surface area contributed by atoms with E-state index in [-0.39, 0.29) is 18.2 Å². The minimum absolute atomic E-state index is 0.242. The van der Waals surface area contributed by atoms with Crippen LogP contribution in [-0.4, -0.2) is 18.9 Å². The number of anilines is 2. The van der Waals surface area contributed by atoms with E-state index in [1.165, 1.54) is 0 Å². The number of hydrogen-bond acceptors (Lipinski definition) is 3. The van der Waals surface area contributed by atoms with Crippen LogP contribution >= 0.6 is 0 Å². The Hall–Kier alpha value is -3.60. The molecule has 0 aliphatic carbocycles. The fourth-order valence-electron chi connectivity index (χ4n) is 2.81. The summed E-state index contributed by atoms with van der Waals surface area (Å²) in [5, 5.41) is 2.75. The van der Waals surface area contributed by atoms with Crippen LogP contribution in [0.2, 0.25) is 0 Å². The first-order valence-corrected chi connectivity index (χ1v) is 8.99. The topological polar surface area (TPSA) is 58.6 Å². The van der Waals surface area contributed by atoms with E-state index < -0.39 is 0 Å². The van der Waals surface area contributed by atoms with Crippen molar-refractivity contribution < 1.29 is 14.3 Å². The van der Waals surface area contributed by atoms with E-state index in [2.05, 4.69) is 5.32 Å². The van der Waals surface area contributed by atoms with Crippen LogP contribution in [0.4, 0.5) is 11.4 Å². The lowest BCUT2D eigenvalue weighted by molar-refractivity contribution is -0.125. The molecule has 0 atom stereocenters. The molecular formula is C23H22N2O3. The summed E-state index contributed by atoms with van der Waals surface area (Å²) in [6.45, 7) is 0.402. The maximum absolute atomic E-state index is 12.9. The van der Waals surface area contributed by atoms with E-state index in [4.69, 9.17) is 4.74 Å². The molecule has 0 aliphatic heterocycles. The molecule has 0 aliphatic rings. The predicted octanol–water partition coefficient (Wildman–Crippen LogP) is 4.26. The highest BCUT2D eigenvalue weighted by Crippen LogP contribution is 2.19. The summed E-state index contributed by atoms with van der Waals surface area (Å²) in [7, 11) is 1.58. The molecule has 0 spiro atoms. The number of nitrogens with zero attached hydrogens (tertiary/aromatic N) is 1. The molecule has 3 rings (SSSR count). The van der Waals surface area contributed by atoms with E-state index >= 15 is 0 Å². The third-order valence-corrected chi connectivity index (χ3v) is 4.24. The zero-order chi connectivity index (χ0) is 19.8. The smallest absolute Gasteiger partial charge is 0.236 e. The minimum Gasteiger partial charge on any atom is -0.497 e. The van der Waals surface area contributed by atoms with E-state index in [0.29, 0.717) is 18.0 Å². The fraction of sp³-hybridized carbons (Fsp3) is 0.130. The molecule has 5 heteroatoms. The van der Waals surface area contributed by atoms with Crippen LogP contribution in [-0.2, 0) is 16.1 Å². The molecule has 0 saturated carbocycles. The van der Waals surface area contributed by atoms with Gasteiger partial charge in [0.2, 0.25) is 11.8 Å². The first-order chi connectivity index (χ1) is 13.7. The van der Waals surface area contributed by atoms with Crippen molar-refractivity contribution in [1.82, 2.24) is 0 Å². The predicted molar refractivity (Wildman–Crippen MR) is 110 cm³/mol. The molecule has 1 N–H and O–H groups in total. The van der Waals surface area contributed by atoms with Gasteiger partial charge in [-0.2, -0.15) is 0 Å². The molecule has 0 fully saturated rings. The quantitative estimate of drug-likeness (QED) is 0.629. The zero-order valence-electron chi connectivity index (χ0n) is 15.7. The number of ether oxygens (including phenoxy) is 1. The van der Waals surface area contributed by atoms with Gasteiger partial charge in [0.15, 0.2) is 0 Å². The van der Waals surface area contributed by atoms with Gasteiger partial charge in [0.05, 0.1) is 13.7 Å². The summed E-state index contributed by atoms with van der Waals surface area (Å²) >= 11 is 0. The molecule has 142 valence electrons. The fourth-order valence-corrected chi connectivity index (χ4v) is 2.81. The highest BCUT2D eigenvalue weighted by atomic mass is 16.5. The average Bonchev–Trinajstić information content (AvgIpc) is 2.74. The first kappa shape index (κ1) is 19.2. The molecule has 0 aromatic heterocycles. The van der Waals surface area contributed by atoms with Crippen molar-refractivity contribution >= 4 is 23.2 Å². The molecule has 0 heterocycles. The second-order valence-electron chi connectivity index (χ2n) is 6.25. The Morgan fingerprint density at radius 1 is 0.857 bits per heavy atom. The van der Waals surface area contributed by atoms with Crippen molar-refractivity contribution in [3.63, 3.8) is 0 Å². The molecule has 28 heavy (non-hydrogen) atoms. The van der Waals surface area contributed by atoms with Crippen LogP contribution in [0.25, 0.3) is 0 Å². The molecule has 3 aromatic rings. The van der Waals surface area contributed by atoms with Crippen LogP contribution < -0.4 is 15.0 Å². The number of carbonyl (C=O) groups is 2. The summed E-state index contributed by atoms with van der Waals surface area (Å²) in [5.41, 5.74) is 2.37.